The Bertz CT molecular complexity index is 1320. The van der Waals surface area contributed by atoms with Crippen molar-refractivity contribution in [3.8, 4) is 11.1 Å². The number of hydrogen-bond acceptors (Lipinski definition) is 4. The van der Waals surface area contributed by atoms with Crippen LogP contribution in [0.25, 0.3) is 22.0 Å². The van der Waals surface area contributed by atoms with E-state index in [1.807, 2.05) is 36.4 Å². The van der Waals surface area contributed by atoms with E-state index in [0.29, 0.717) is 22.3 Å². The van der Waals surface area contributed by atoms with Crippen LogP contribution in [0.15, 0.2) is 72.9 Å². The first kappa shape index (κ1) is 22.1. The van der Waals surface area contributed by atoms with Crippen LogP contribution in [0.1, 0.15) is 41.0 Å². The van der Waals surface area contributed by atoms with Crippen molar-refractivity contribution in [1.29, 1.82) is 0 Å². The number of alkyl halides is 2. The van der Waals surface area contributed by atoms with Crippen molar-refractivity contribution < 1.29 is 13.6 Å². The monoisotopic (exact) mass is 458 g/mol. The third-order valence-electron chi connectivity index (χ3n) is 6.07. The number of fused-ring (bicyclic) bond motifs is 1. The molecule has 5 rings (SSSR count). The first-order valence-corrected chi connectivity index (χ1v) is 11.3. The molecule has 172 valence electrons. The number of nitrogens with zero attached hydrogens (tertiary/aromatic N) is 3. The fourth-order valence-corrected chi connectivity index (χ4v) is 4.31. The van der Waals surface area contributed by atoms with E-state index in [0.717, 1.165) is 30.7 Å². The standard InChI is InChI=1S/C27H24F2N4O/c28-26(29)20-7-3-6-19(15-20)23-8-4-5-18-9-12-24(32-25(18)23)27(34)31-21-10-11-22(30-16-21)17-33-13-1-2-14-33/h3-12,15-16,26H,1-2,13-14,17H2,(H,31,34). The van der Waals surface area contributed by atoms with E-state index >= 15 is 0 Å². The van der Waals surface area contributed by atoms with Gasteiger partial charge in [0.15, 0.2) is 0 Å². The molecule has 2 aromatic carbocycles. The van der Waals surface area contributed by atoms with Gasteiger partial charge in [-0.25, -0.2) is 13.8 Å². The summed E-state index contributed by atoms with van der Waals surface area (Å²) in [6.07, 6.45) is 1.56. The molecule has 1 aliphatic heterocycles. The van der Waals surface area contributed by atoms with Crippen molar-refractivity contribution in [2.24, 2.45) is 0 Å². The van der Waals surface area contributed by atoms with Crippen LogP contribution in [-0.4, -0.2) is 33.9 Å². The number of hydrogen-bond donors (Lipinski definition) is 1. The molecule has 1 saturated heterocycles. The van der Waals surface area contributed by atoms with E-state index in [4.69, 9.17) is 0 Å². The molecule has 1 N–H and O–H groups in total. The number of halogens is 2. The third-order valence-corrected chi connectivity index (χ3v) is 6.07. The van der Waals surface area contributed by atoms with Gasteiger partial charge in [-0.1, -0.05) is 42.5 Å². The molecule has 2 aromatic heterocycles. The molecule has 0 unspecified atom stereocenters. The van der Waals surface area contributed by atoms with E-state index in [1.54, 1.807) is 24.4 Å². The SMILES string of the molecule is O=C(Nc1ccc(CN2CCCC2)nc1)c1ccc2cccc(-c3cccc(C(F)F)c3)c2n1. The second kappa shape index (κ2) is 9.65. The average Bonchev–Trinajstić information content (AvgIpc) is 3.37. The van der Waals surface area contributed by atoms with Gasteiger partial charge in [-0.2, -0.15) is 0 Å². The molecular weight excluding hydrogens is 434 g/mol. The zero-order chi connectivity index (χ0) is 23.5. The van der Waals surface area contributed by atoms with Gasteiger partial charge in [0.1, 0.15) is 5.69 Å². The van der Waals surface area contributed by atoms with Gasteiger partial charge in [0.05, 0.1) is 23.1 Å². The maximum Gasteiger partial charge on any atom is 0.274 e. The lowest BCUT2D eigenvalue weighted by atomic mass is 10.00. The number of rotatable bonds is 6. The average molecular weight is 459 g/mol. The number of anilines is 1. The lowest BCUT2D eigenvalue weighted by Crippen LogP contribution is -2.19. The summed E-state index contributed by atoms with van der Waals surface area (Å²) in [5, 5.41) is 3.67. The highest BCUT2D eigenvalue weighted by molar-refractivity contribution is 6.05. The molecule has 0 aliphatic carbocycles. The van der Waals surface area contributed by atoms with Crippen LogP contribution in [0, 0.1) is 0 Å². The molecular formula is C27H24F2N4O. The first-order valence-electron chi connectivity index (χ1n) is 11.3. The number of likely N-dealkylation sites (tertiary alicyclic amines) is 1. The van der Waals surface area contributed by atoms with Crippen molar-refractivity contribution in [3.63, 3.8) is 0 Å². The molecule has 0 atom stereocenters. The molecule has 0 spiro atoms. The van der Waals surface area contributed by atoms with Gasteiger partial charge in [-0.05, 0) is 55.8 Å². The van der Waals surface area contributed by atoms with Crippen LogP contribution in [-0.2, 0) is 6.54 Å². The highest BCUT2D eigenvalue weighted by atomic mass is 19.3. The quantitative estimate of drug-likeness (QED) is 0.380. The largest absolute Gasteiger partial charge is 0.319 e. The van der Waals surface area contributed by atoms with Gasteiger partial charge in [0, 0.05) is 23.1 Å². The Hall–Kier alpha value is -3.71. The van der Waals surface area contributed by atoms with Gasteiger partial charge >= 0.3 is 0 Å². The van der Waals surface area contributed by atoms with Crippen LogP contribution in [0.2, 0.25) is 0 Å². The zero-order valence-electron chi connectivity index (χ0n) is 18.5. The minimum Gasteiger partial charge on any atom is -0.319 e. The molecule has 34 heavy (non-hydrogen) atoms. The topological polar surface area (TPSA) is 58.1 Å². The number of pyridine rings is 2. The number of benzene rings is 2. The van der Waals surface area contributed by atoms with Gasteiger partial charge < -0.3 is 5.32 Å². The molecule has 0 saturated carbocycles. The third kappa shape index (κ3) is 4.79. The Balaban J connectivity index is 1.38. The van der Waals surface area contributed by atoms with E-state index < -0.39 is 6.43 Å². The Kier molecular flexibility index (Phi) is 6.27. The summed E-state index contributed by atoms with van der Waals surface area (Å²) < 4.78 is 26.4. The fourth-order valence-electron chi connectivity index (χ4n) is 4.31. The summed E-state index contributed by atoms with van der Waals surface area (Å²) in [7, 11) is 0. The fraction of sp³-hybridized carbons (Fsp3) is 0.222. The summed E-state index contributed by atoms with van der Waals surface area (Å²) in [4.78, 5) is 24.3. The van der Waals surface area contributed by atoms with Crippen molar-refractivity contribution in [2.45, 2.75) is 25.8 Å². The summed E-state index contributed by atoms with van der Waals surface area (Å²) in [6.45, 7) is 3.01. The Morgan fingerprint density at radius 3 is 2.59 bits per heavy atom. The molecule has 4 aromatic rings. The molecule has 1 amide bonds. The predicted molar refractivity (Wildman–Crippen MR) is 129 cm³/mol. The summed E-state index contributed by atoms with van der Waals surface area (Å²) >= 11 is 0. The van der Waals surface area contributed by atoms with Gasteiger partial charge in [-0.3, -0.25) is 14.7 Å². The maximum absolute atomic E-state index is 13.2. The Morgan fingerprint density at radius 1 is 1.00 bits per heavy atom. The second-order valence-corrected chi connectivity index (χ2v) is 8.48. The summed E-state index contributed by atoms with van der Waals surface area (Å²) in [6, 6.07) is 19.0. The van der Waals surface area contributed by atoms with Gasteiger partial charge in [-0.15, -0.1) is 0 Å². The molecule has 3 heterocycles. The number of aromatic nitrogens is 2. The molecule has 1 fully saturated rings. The van der Waals surface area contributed by atoms with Crippen molar-refractivity contribution in [3.05, 3.63) is 89.9 Å². The number of para-hydroxylation sites is 1. The van der Waals surface area contributed by atoms with Gasteiger partial charge in [0.25, 0.3) is 12.3 Å². The Morgan fingerprint density at radius 2 is 1.82 bits per heavy atom. The second-order valence-electron chi connectivity index (χ2n) is 8.48. The minimum atomic E-state index is -2.56. The number of amides is 1. The van der Waals surface area contributed by atoms with Crippen molar-refractivity contribution >= 4 is 22.5 Å². The van der Waals surface area contributed by atoms with Crippen LogP contribution < -0.4 is 5.32 Å². The van der Waals surface area contributed by atoms with E-state index in [1.165, 1.54) is 25.0 Å². The normalized spacial score (nSPS) is 14.1. The highest BCUT2D eigenvalue weighted by Crippen LogP contribution is 2.30. The molecule has 0 radical (unpaired) electrons. The lowest BCUT2D eigenvalue weighted by Gasteiger charge is -2.14. The highest BCUT2D eigenvalue weighted by Gasteiger charge is 2.15. The van der Waals surface area contributed by atoms with E-state index in [9.17, 15) is 13.6 Å². The lowest BCUT2D eigenvalue weighted by molar-refractivity contribution is 0.102. The van der Waals surface area contributed by atoms with E-state index in [2.05, 4.69) is 20.2 Å². The smallest absolute Gasteiger partial charge is 0.274 e. The molecule has 1 aliphatic rings. The molecule has 5 nitrogen and oxygen atoms in total. The predicted octanol–water partition coefficient (Wildman–Crippen LogP) is 6.08. The van der Waals surface area contributed by atoms with Crippen LogP contribution >= 0.6 is 0 Å². The zero-order valence-corrected chi connectivity index (χ0v) is 18.5. The van der Waals surface area contributed by atoms with Crippen LogP contribution in [0.5, 0.6) is 0 Å². The Labute approximate surface area is 196 Å². The molecule has 7 heteroatoms. The van der Waals surface area contributed by atoms with Crippen molar-refractivity contribution in [1.82, 2.24) is 14.9 Å². The number of carbonyl (C=O) groups is 1. The van der Waals surface area contributed by atoms with Crippen LogP contribution in [0.4, 0.5) is 14.5 Å². The van der Waals surface area contributed by atoms with Crippen LogP contribution in [0.3, 0.4) is 0 Å². The number of nitrogens with one attached hydrogen (secondary N) is 1. The van der Waals surface area contributed by atoms with E-state index in [-0.39, 0.29) is 17.2 Å². The number of carbonyl (C=O) groups excluding carboxylic acids is 1. The first-order chi connectivity index (χ1) is 16.6. The van der Waals surface area contributed by atoms with Crippen molar-refractivity contribution in [2.75, 3.05) is 18.4 Å². The maximum atomic E-state index is 13.2. The summed E-state index contributed by atoms with van der Waals surface area (Å²) in [5.74, 6) is -0.355. The minimum absolute atomic E-state index is 0.0518. The van der Waals surface area contributed by atoms with Gasteiger partial charge in [0.2, 0.25) is 0 Å². The molecule has 0 bridgehead atoms. The summed E-state index contributed by atoms with van der Waals surface area (Å²) in [5.41, 5.74) is 3.67.